The second-order valence-electron chi connectivity index (χ2n) is 7.05. The van der Waals surface area contributed by atoms with Gasteiger partial charge in [-0.05, 0) is 46.5 Å². The molecule has 0 radical (unpaired) electrons. The Kier molecular flexibility index (Phi) is 4.46. The van der Waals surface area contributed by atoms with E-state index in [2.05, 4.69) is 0 Å². The Hall–Kier alpha value is -1.30. The van der Waals surface area contributed by atoms with E-state index in [1.165, 1.54) is 0 Å². The molecule has 2 atom stereocenters. The number of carbonyl (C=O) groups is 2. The third kappa shape index (κ3) is 4.09. The zero-order valence-corrected chi connectivity index (χ0v) is 13.1. The van der Waals surface area contributed by atoms with Gasteiger partial charge in [0, 0.05) is 13.1 Å². The Morgan fingerprint density at radius 3 is 2.57 bits per heavy atom. The standard InChI is InChI=1S/C15H25NO5/c1-14(2,3)21-13(19)16-7-4-5-15(6-8-16)9-11(10-20-15)12(17)18/h11H,4-10H2,1-3H3,(H,17,18). The molecular weight excluding hydrogens is 274 g/mol. The van der Waals surface area contributed by atoms with Crippen molar-refractivity contribution >= 4 is 12.1 Å². The number of carboxylic acids is 1. The smallest absolute Gasteiger partial charge is 0.410 e. The molecule has 2 fully saturated rings. The highest BCUT2D eigenvalue weighted by molar-refractivity contribution is 5.70. The second kappa shape index (κ2) is 5.83. The fourth-order valence-corrected chi connectivity index (χ4v) is 3.03. The number of rotatable bonds is 1. The highest BCUT2D eigenvalue weighted by Crippen LogP contribution is 2.38. The summed E-state index contributed by atoms with van der Waals surface area (Å²) in [5.74, 6) is -1.21. The van der Waals surface area contributed by atoms with Gasteiger partial charge in [0.15, 0.2) is 0 Å². The zero-order chi connectivity index (χ0) is 15.7. The minimum atomic E-state index is -0.792. The fourth-order valence-electron chi connectivity index (χ4n) is 3.03. The average Bonchev–Trinajstić information content (AvgIpc) is 2.63. The molecule has 1 N–H and O–H groups in total. The maximum Gasteiger partial charge on any atom is 0.410 e. The van der Waals surface area contributed by atoms with Gasteiger partial charge in [0.25, 0.3) is 0 Å². The van der Waals surface area contributed by atoms with Crippen LogP contribution in [0.5, 0.6) is 0 Å². The van der Waals surface area contributed by atoms with E-state index in [1.807, 2.05) is 20.8 Å². The molecular formula is C15H25NO5. The van der Waals surface area contributed by atoms with E-state index in [0.29, 0.717) is 25.9 Å². The van der Waals surface area contributed by atoms with Crippen LogP contribution in [0.25, 0.3) is 0 Å². The fraction of sp³-hybridized carbons (Fsp3) is 0.867. The van der Waals surface area contributed by atoms with Gasteiger partial charge >= 0.3 is 12.1 Å². The van der Waals surface area contributed by atoms with Crippen molar-refractivity contribution in [3.8, 4) is 0 Å². The van der Waals surface area contributed by atoms with Crippen LogP contribution in [0.1, 0.15) is 46.5 Å². The van der Waals surface area contributed by atoms with Crippen molar-refractivity contribution in [2.45, 2.75) is 57.7 Å². The van der Waals surface area contributed by atoms with Gasteiger partial charge in [-0.3, -0.25) is 4.79 Å². The Bertz CT molecular complexity index is 417. The van der Waals surface area contributed by atoms with Crippen LogP contribution < -0.4 is 0 Å². The number of ether oxygens (including phenoxy) is 2. The van der Waals surface area contributed by atoms with E-state index in [9.17, 15) is 9.59 Å². The maximum atomic E-state index is 12.1. The Balaban J connectivity index is 1.94. The third-order valence-corrected chi connectivity index (χ3v) is 4.11. The summed E-state index contributed by atoms with van der Waals surface area (Å²) in [6.07, 6.45) is 2.54. The highest BCUT2D eigenvalue weighted by atomic mass is 16.6. The van der Waals surface area contributed by atoms with E-state index in [4.69, 9.17) is 14.6 Å². The quantitative estimate of drug-likeness (QED) is 0.803. The van der Waals surface area contributed by atoms with Crippen LogP contribution in [0, 0.1) is 5.92 Å². The Morgan fingerprint density at radius 2 is 2.00 bits per heavy atom. The number of carboxylic acid groups (broad SMARTS) is 1. The van der Waals surface area contributed by atoms with Gasteiger partial charge in [-0.25, -0.2) is 4.79 Å². The van der Waals surface area contributed by atoms with Gasteiger partial charge in [-0.1, -0.05) is 0 Å². The van der Waals surface area contributed by atoms with Crippen molar-refractivity contribution in [1.82, 2.24) is 4.90 Å². The summed E-state index contributed by atoms with van der Waals surface area (Å²) >= 11 is 0. The van der Waals surface area contributed by atoms with Crippen LogP contribution in [0.2, 0.25) is 0 Å². The Morgan fingerprint density at radius 1 is 1.29 bits per heavy atom. The van der Waals surface area contributed by atoms with Gasteiger partial charge in [-0.15, -0.1) is 0 Å². The lowest BCUT2D eigenvalue weighted by Crippen LogP contribution is -2.38. The first-order valence-electron chi connectivity index (χ1n) is 7.55. The molecule has 1 amide bonds. The molecule has 2 aliphatic rings. The minimum Gasteiger partial charge on any atom is -0.481 e. The lowest BCUT2D eigenvalue weighted by Gasteiger charge is -2.28. The molecule has 2 aliphatic heterocycles. The number of hydrogen-bond acceptors (Lipinski definition) is 4. The second-order valence-corrected chi connectivity index (χ2v) is 7.05. The molecule has 120 valence electrons. The average molecular weight is 299 g/mol. The summed E-state index contributed by atoms with van der Waals surface area (Å²) in [6, 6.07) is 0. The summed E-state index contributed by atoms with van der Waals surface area (Å²) < 4.78 is 11.2. The Labute approximate surface area is 125 Å². The first kappa shape index (κ1) is 16.1. The number of aliphatic carboxylic acids is 1. The van der Waals surface area contributed by atoms with Crippen LogP contribution in [0.3, 0.4) is 0 Å². The largest absolute Gasteiger partial charge is 0.481 e. The summed E-state index contributed by atoms with van der Waals surface area (Å²) in [5, 5.41) is 9.10. The molecule has 6 heteroatoms. The molecule has 0 bridgehead atoms. The van der Waals surface area contributed by atoms with Crippen LogP contribution in [-0.2, 0) is 14.3 Å². The van der Waals surface area contributed by atoms with E-state index >= 15 is 0 Å². The van der Waals surface area contributed by atoms with Crippen molar-refractivity contribution in [2.24, 2.45) is 5.92 Å². The van der Waals surface area contributed by atoms with E-state index in [1.54, 1.807) is 4.90 Å². The van der Waals surface area contributed by atoms with Gasteiger partial charge < -0.3 is 19.5 Å². The van der Waals surface area contributed by atoms with Gasteiger partial charge in [0.05, 0.1) is 18.1 Å². The minimum absolute atomic E-state index is 0.280. The van der Waals surface area contributed by atoms with E-state index in [-0.39, 0.29) is 18.3 Å². The summed E-state index contributed by atoms with van der Waals surface area (Å²) in [7, 11) is 0. The zero-order valence-electron chi connectivity index (χ0n) is 13.1. The van der Waals surface area contributed by atoms with Crippen molar-refractivity contribution in [3.05, 3.63) is 0 Å². The van der Waals surface area contributed by atoms with Crippen molar-refractivity contribution in [1.29, 1.82) is 0 Å². The van der Waals surface area contributed by atoms with Crippen molar-refractivity contribution < 1.29 is 24.2 Å². The molecule has 2 heterocycles. The lowest BCUT2D eigenvalue weighted by atomic mass is 9.88. The van der Waals surface area contributed by atoms with E-state index in [0.717, 1.165) is 12.8 Å². The molecule has 0 saturated carbocycles. The molecule has 21 heavy (non-hydrogen) atoms. The predicted octanol–water partition coefficient (Wildman–Crippen LogP) is 2.27. The van der Waals surface area contributed by atoms with Crippen LogP contribution in [0.15, 0.2) is 0 Å². The lowest BCUT2D eigenvalue weighted by molar-refractivity contribution is -0.141. The highest BCUT2D eigenvalue weighted by Gasteiger charge is 2.44. The number of likely N-dealkylation sites (tertiary alicyclic amines) is 1. The third-order valence-electron chi connectivity index (χ3n) is 4.11. The number of amides is 1. The molecule has 6 nitrogen and oxygen atoms in total. The van der Waals surface area contributed by atoms with Gasteiger partial charge in [0.2, 0.25) is 0 Å². The molecule has 0 aromatic rings. The maximum absolute atomic E-state index is 12.1. The molecule has 2 saturated heterocycles. The van der Waals surface area contributed by atoms with E-state index < -0.39 is 17.5 Å². The number of carbonyl (C=O) groups excluding carboxylic acids is 1. The van der Waals surface area contributed by atoms with Crippen molar-refractivity contribution in [3.63, 3.8) is 0 Å². The molecule has 2 rings (SSSR count). The molecule has 2 unspecified atom stereocenters. The molecule has 0 aliphatic carbocycles. The van der Waals surface area contributed by atoms with Gasteiger partial charge in [-0.2, -0.15) is 0 Å². The number of nitrogens with zero attached hydrogens (tertiary/aromatic N) is 1. The van der Waals surface area contributed by atoms with Gasteiger partial charge in [0.1, 0.15) is 5.60 Å². The topological polar surface area (TPSA) is 76.1 Å². The summed E-state index contributed by atoms with van der Waals surface area (Å²) in [4.78, 5) is 24.9. The van der Waals surface area contributed by atoms with Crippen LogP contribution in [-0.4, -0.2) is 53.0 Å². The summed E-state index contributed by atoms with van der Waals surface area (Å²) in [5.41, 5.74) is -0.876. The summed E-state index contributed by atoms with van der Waals surface area (Å²) in [6.45, 7) is 7.02. The van der Waals surface area contributed by atoms with Crippen LogP contribution >= 0.6 is 0 Å². The first-order chi connectivity index (χ1) is 9.71. The first-order valence-corrected chi connectivity index (χ1v) is 7.55. The number of hydrogen-bond donors (Lipinski definition) is 1. The molecule has 1 spiro atoms. The monoisotopic (exact) mass is 299 g/mol. The van der Waals surface area contributed by atoms with Crippen molar-refractivity contribution in [2.75, 3.05) is 19.7 Å². The molecule has 0 aromatic carbocycles. The molecule has 0 aromatic heterocycles. The normalized spacial score (nSPS) is 30.2. The van der Waals surface area contributed by atoms with Crippen LogP contribution in [0.4, 0.5) is 4.79 Å². The predicted molar refractivity (Wildman–Crippen MR) is 76.1 cm³/mol. The SMILES string of the molecule is CC(C)(C)OC(=O)N1CCCC2(CC1)CC(C(=O)O)CO2.